The molecule has 0 heterocycles. The SMILES string of the molecule is CC(C)(CCC[C@@](C)(C(=O)OCc1ccccc1)c1cccc([C@H](O)CO)c1)CS(=O)(=O)CCO[Si](C)(C)C(C)(C)C. The van der Waals surface area contributed by atoms with Gasteiger partial charge in [0.15, 0.2) is 18.2 Å². The molecule has 0 unspecified atom stereocenters. The standard InChI is InChI=1S/C33H52O7SSi/c1-31(2,3)42(7,8)40-20-21-41(37,38)25-32(4,5)18-13-19-33(6,28-17-12-16-27(22-28)29(35)23-34)30(36)39-24-26-14-10-9-11-15-26/h9-12,14-17,22,29,34-35H,13,18-21,23-25H2,1-8H3/t29-,33-/m1/s1. The fourth-order valence-corrected chi connectivity index (χ4v) is 7.75. The molecule has 0 bridgehead atoms. The molecular weight excluding hydrogens is 569 g/mol. The first-order valence-electron chi connectivity index (χ1n) is 14.8. The maximum Gasteiger partial charge on any atom is 0.316 e. The third kappa shape index (κ3) is 10.6. The molecular formula is C33H52O7SSi. The summed E-state index contributed by atoms with van der Waals surface area (Å²) in [4.78, 5) is 13.6. The first-order chi connectivity index (χ1) is 19.3. The van der Waals surface area contributed by atoms with Crippen molar-refractivity contribution in [3.8, 4) is 0 Å². The van der Waals surface area contributed by atoms with Gasteiger partial charge in [0.1, 0.15) is 12.7 Å². The number of carbonyl (C=O) groups is 1. The number of aliphatic hydroxyl groups is 2. The van der Waals surface area contributed by atoms with Crippen LogP contribution in [-0.4, -0.2) is 57.6 Å². The molecule has 2 N–H and O–H groups in total. The molecule has 0 fully saturated rings. The number of benzene rings is 2. The summed E-state index contributed by atoms with van der Waals surface area (Å²) >= 11 is 0. The van der Waals surface area contributed by atoms with E-state index in [0.717, 1.165) is 5.56 Å². The largest absolute Gasteiger partial charge is 0.460 e. The molecule has 2 atom stereocenters. The summed E-state index contributed by atoms with van der Waals surface area (Å²) in [5.41, 5.74) is 0.537. The fourth-order valence-electron chi connectivity index (χ4n) is 4.74. The van der Waals surface area contributed by atoms with E-state index in [1.165, 1.54) is 0 Å². The molecule has 0 aliphatic carbocycles. The predicted molar refractivity (Wildman–Crippen MR) is 172 cm³/mol. The maximum absolute atomic E-state index is 13.6. The monoisotopic (exact) mass is 620 g/mol. The second kappa shape index (κ2) is 14.6. The highest BCUT2D eigenvalue weighted by atomic mass is 32.2. The van der Waals surface area contributed by atoms with Gasteiger partial charge in [-0.25, -0.2) is 8.42 Å². The summed E-state index contributed by atoms with van der Waals surface area (Å²) in [5, 5.41) is 19.7. The zero-order valence-corrected chi connectivity index (χ0v) is 28.6. The van der Waals surface area contributed by atoms with Crippen molar-refractivity contribution in [2.24, 2.45) is 5.41 Å². The van der Waals surface area contributed by atoms with Crippen LogP contribution in [0.5, 0.6) is 0 Å². The molecule has 0 saturated carbocycles. The number of carbonyl (C=O) groups excluding carboxylic acids is 1. The van der Waals surface area contributed by atoms with E-state index in [1.807, 2.05) is 57.2 Å². The predicted octanol–water partition coefficient (Wildman–Crippen LogP) is 6.35. The first-order valence-corrected chi connectivity index (χ1v) is 19.5. The third-order valence-electron chi connectivity index (χ3n) is 8.55. The third-order valence-corrected chi connectivity index (χ3v) is 15.1. The van der Waals surface area contributed by atoms with Crippen LogP contribution in [0, 0.1) is 5.41 Å². The van der Waals surface area contributed by atoms with Gasteiger partial charge in [-0.1, -0.05) is 95.6 Å². The van der Waals surface area contributed by atoms with E-state index in [1.54, 1.807) is 18.2 Å². The van der Waals surface area contributed by atoms with Crippen LogP contribution in [0.15, 0.2) is 54.6 Å². The van der Waals surface area contributed by atoms with Gasteiger partial charge in [0.25, 0.3) is 0 Å². The molecule has 0 aliphatic rings. The van der Waals surface area contributed by atoms with Gasteiger partial charge < -0.3 is 19.4 Å². The molecule has 2 aromatic rings. The fraction of sp³-hybridized carbons (Fsp3) is 0.606. The first kappa shape index (κ1) is 36.1. The van der Waals surface area contributed by atoms with Crippen molar-refractivity contribution in [2.45, 2.75) is 97.1 Å². The zero-order valence-electron chi connectivity index (χ0n) is 26.8. The normalized spacial score (nSPS) is 15.2. The van der Waals surface area contributed by atoms with Crippen LogP contribution in [0.25, 0.3) is 0 Å². The van der Waals surface area contributed by atoms with Crippen LogP contribution in [0.2, 0.25) is 18.1 Å². The zero-order chi connectivity index (χ0) is 31.8. The summed E-state index contributed by atoms with van der Waals surface area (Å²) in [6, 6.07) is 16.5. The number of sulfone groups is 1. The van der Waals surface area contributed by atoms with Crippen molar-refractivity contribution in [1.29, 1.82) is 0 Å². The Hall–Kier alpha value is -2.04. The van der Waals surface area contributed by atoms with Gasteiger partial charge in [0.2, 0.25) is 0 Å². The summed E-state index contributed by atoms with van der Waals surface area (Å²) in [7, 11) is -5.37. The van der Waals surface area contributed by atoms with Gasteiger partial charge in [-0.15, -0.1) is 0 Å². The lowest BCUT2D eigenvalue weighted by atomic mass is 9.75. The van der Waals surface area contributed by atoms with Crippen molar-refractivity contribution in [2.75, 3.05) is 24.7 Å². The lowest BCUT2D eigenvalue weighted by molar-refractivity contribution is -0.151. The minimum atomic E-state index is -3.34. The Bertz CT molecular complexity index is 1250. The highest BCUT2D eigenvalue weighted by molar-refractivity contribution is 7.91. The number of aliphatic hydroxyl groups excluding tert-OH is 2. The quantitative estimate of drug-likeness (QED) is 0.166. The van der Waals surface area contributed by atoms with Gasteiger partial charge in [0.05, 0.1) is 23.5 Å². The number of hydrogen-bond acceptors (Lipinski definition) is 7. The Labute approximate surface area is 254 Å². The van der Waals surface area contributed by atoms with Gasteiger partial charge in [-0.3, -0.25) is 4.79 Å². The Morgan fingerprint density at radius 2 is 1.60 bits per heavy atom. The summed E-state index contributed by atoms with van der Waals surface area (Å²) in [6.45, 7) is 16.3. The van der Waals surface area contributed by atoms with Gasteiger partial charge in [0, 0.05) is 6.61 Å². The minimum Gasteiger partial charge on any atom is -0.460 e. The molecule has 0 aliphatic heterocycles. The van der Waals surface area contributed by atoms with E-state index in [9.17, 15) is 23.4 Å². The van der Waals surface area contributed by atoms with E-state index < -0.39 is 47.7 Å². The van der Waals surface area contributed by atoms with Crippen LogP contribution >= 0.6 is 0 Å². The van der Waals surface area contributed by atoms with Crippen LogP contribution in [0.4, 0.5) is 0 Å². The van der Waals surface area contributed by atoms with Crippen LogP contribution in [0.1, 0.15) is 83.6 Å². The number of rotatable bonds is 16. The Morgan fingerprint density at radius 3 is 2.19 bits per heavy atom. The molecule has 236 valence electrons. The highest BCUT2D eigenvalue weighted by Gasteiger charge is 2.39. The van der Waals surface area contributed by atoms with E-state index in [2.05, 4.69) is 33.9 Å². The Balaban J connectivity index is 2.13. The summed E-state index contributed by atoms with van der Waals surface area (Å²) < 4.78 is 38.0. The molecule has 0 saturated heterocycles. The van der Waals surface area contributed by atoms with Crippen molar-refractivity contribution in [3.05, 3.63) is 71.3 Å². The van der Waals surface area contributed by atoms with Crippen molar-refractivity contribution in [1.82, 2.24) is 0 Å². The van der Waals surface area contributed by atoms with E-state index >= 15 is 0 Å². The van der Waals surface area contributed by atoms with Gasteiger partial charge in [-0.2, -0.15) is 0 Å². The molecule has 2 rings (SSSR count). The van der Waals surface area contributed by atoms with Crippen LogP contribution < -0.4 is 0 Å². The molecule has 42 heavy (non-hydrogen) atoms. The number of esters is 1. The molecule has 0 amide bonds. The van der Waals surface area contributed by atoms with E-state index in [0.29, 0.717) is 30.4 Å². The molecule has 0 aromatic heterocycles. The maximum atomic E-state index is 13.6. The average Bonchev–Trinajstić information content (AvgIpc) is 2.90. The number of hydrogen-bond donors (Lipinski definition) is 2. The molecule has 0 radical (unpaired) electrons. The Morgan fingerprint density at radius 1 is 0.952 bits per heavy atom. The second-order valence-corrected chi connectivity index (χ2v) is 20.9. The molecule has 9 heteroatoms. The molecule has 2 aromatic carbocycles. The molecule has 7 nitrogen and oxygen atoms in total. The molecule has 0 spiro atoms. The minimum absolute atomic E-state index is 0.00750. The van der Waals surface area contributed by atoms with Crippen LogP contribution in [0.3, 0.4) is 0 Å². The van der Waals surface area contributed by atoms with E-state index in [4.69, 9.17) is 9.16 Å². The number of ether oxygens (including phenoxy) is 1. The Kier molecular flexibility index (Phi) is 12.6. The van der Waals surface area contributed by atoms with E-state index in [-0.39, 0.29) is 29.8 Å². The summed E-state index contributed by atoms with van der Waals surface area (Å²) in [6.07, 6.45) is 0.555. The smallest absolute Gasteiger partial charge is 0.316 e. The van der Waals surface area contributed by atoms with Crippen LogP contribution in [-0.2, 0) is 35.8 Å². The average molecular weight is 621 g/mol. The lowest BCUT2D eigenvalue weighted by Gasteiger charge is -2.36. The second-order valence-electron chi connectivity index (χ2n) is 13.9. The highest BCUT2D eigenvalue weighted by Crippen LogP contribution is 2.37. The van der Waals surface area contributed by atoms with Crippen molar-refractivity contribution < 1.29 is 32.6 Å². The van der Waals surface area contributed by atoms with Crippen molar-refractivity contribution in [3.63, 3.8) is 0 Å². The lowest BCUT2D eigenvalue weighted by Crippen LogP contribution is -2.42. The topological polar surface area (TPSA) is 110 Å². The van der Waals surface area contributed by atoms with Gasteiger partial charge >= 0.3 is 5.97 Å². The summed E-state index contributed by atoms with van der Waals surface area (Å²) in [5.74, 6) is -0.365. The van der Waals surface area contributed by atoms with Crippen molar-refractivity contribution >= 4 is 24.1 Å². The van der Waals surface area contributed by atoms with Gasteiger partial charge in [-0.05, 0) is 60.0 Å².